The molecule has 1 saturated carbocycles. The molecule has 0 aromatic heterocycles. The number of nitrogens with zero attached hydrogens (tertiary/aromatic N) is 1. The van der Waals surface area contributed by atoms with Gasteiger partial charge in [0.05, 0.1) is 6.10 Å². The normalized spacial score (nSPS) is 35.4. The Labute approximate surface area is 124 Å². The molecule has 3 fully saturated rings. The first-order valence-corrected chi connectivity index (χ1v) is 8.95. The zero-order chi connectivity index (χ0) is 13.8. The lowest BCUT2D eigenvalue weighted by Crippen LogP contribution is -2.47. The Hall–Kier alpha value is -0.120. The number of hydrogen-bond acceptors (Lipinski definition) is 3. The van der Waals surface area contributed by atoms with Crippen LogP contribution in [0.4, 0.5) is 0 Å². The molecule has 0 aromatic carbocycles. The average Bonchev–Trinajstić information content (AvgIpc) is 3.31. The molecule has 0 spiro atoms. The fourth-order valence-corrected chi connectivity index (χ4v) is 4.06. The summed E-state index contributed by atoms with van der Waals surface area (Å²) < 4.78 is 5.95. The summed E-state index contributed by atoms with van der Waals surface area (Å²) in [5, 5.41) is 3.58. The molecule has 2 heterocycles. The Balaban J connectivity index is 1.55. The summed E-state index contributed by atoms with van der Waals surface area (Å²) in [5.74, 6) is 0.886. The third-order valence-electron chi connectivity index (χ3n) is 5.30. The van der Waals surface area contributed by atoms with Crippen LogP contribution in [-0.4, -0.2) is 49.3 Å². The maximum Gasteiger partial charge on any atom is 0.0590 e. The van der Waals surface area contributed by atoms with Gasteiger partial charge in [0, 0.05) is 25.2 Å². The molecule has 0 radical (unpaired) electrons. The summed E-state index contributed by atoms with van der Waals surface area (Å²) in [5.41, 5.74) is 0. The fraction of sp³-hybridized carbons (Fsp3) is 1.00. The van der Waals surface area contributed by atoms with E-state index in [1.165, 1.54) is 71.0 Å². The number of piperidine rings is 1. The maximum absolute atomic E-state index is 5.95. The monoisotopic (exact) mass is 280 g/mol. The van der Waals surface area contributed by atoms with E-state index in [1.807, 2.05) is 0 Å². The molecule has 116 valence electrons. The van der Waals surface area contributed by atoms with Crippen molar-refractivity contribution in [1.29, 1.82) is 0 Å². The summed E-state index contributed by atoms with van der Waals surface area (Å²) in [7, 11) is 0. The van der Waals surface area contributed by atoms with Gasteiger partial charge in [-0.05, 0) is 64.0 Å². The lowest BCUT2D eigenvalue weighted by molar-refractivity contribution is -0.0362. The Morgan fingerprint density at radius 1 is 1.15 bits per heavy atom. The van der Waals surface area contributed by atoms with E-state index in [2.05, 4.69) is 17.1 Å². The molecule has 1 N–H and O–H groups in total. The van der Waals surface area contributed by atoms with E-state index in [4.69, 9.17) is 4.74 Å². The van der Waals surface area contributed by atoms with Crippen LogP contribution in [0.1, 0.15) is 58.3 Å². The van der Waals surface area contributed by atoms with Gasteiger partial charge in [0.1, 0.15) is 0 Å². The first kappa shape index (κ1) is 14.8. The van der Waals surface area contributed by atoms with Crippen LogP contribution in [0.3, 0.4) is 0 Å². The highest BCUT2D eigenvalue weighted by Crippen LogP contribution is 2.34. The Morgan fingerprint density at radius 2 is 2.05 bits per heavy atom. The quantitative estimate of drug-likeness (QED) is 0.810. The van der Waals surface area contributed by atoms with Gasteiger partial charge in [-0.3, -0.25) is 4.90 Å². The van der Waals surface area contributed by atoms with Gasteiger partial charge in [0.2, 0.25) is 0 Å². The topological polar surface area (TPSA) is 24.5 Å². The van der Waals surface area contributed by atoms with Gasteiger partial charge in [0.25, 0.3) is 0 Å². The highest BCUT2D eigenvalue weighted by Gasteiger charge is 2.37. The highest BCUT2D eigenvalue weighted by molar-refractivity contribution is 4.92. The number of rotatable bonds is 6. The van der Waals surface area contributed by atoms with Crippen LogP contribution >= 0.6 is 0 Å². The van der Waals surface area contributed by atoms with E-state index in [-0.39, 0.29) is 0 Å². The summed E-state index contributed by atoms with van der Waals surface area (Å²) in [6.45, 7) is 7.07. The second kappa shape index (κ2) is 7.24. The molecule has 0 bridgehead atoms. The molecule has 3 atom stereocenters. The van der Waals surface area contributed by atoms with Crippen molar-refractivity contribution in [2.45, 2.75) is 76.5 Å². The van der Waals surface area contributed by atoms with Crippen LogP contribution in [0, 0.1) is 5.92 Å². The molecular formula is C17H32N2O. The van der Waals surface area contributed by atoms with Crippen molar-refractivity contribution < 1.29 is 4.74 Å². The molecule has 0 aromatic rings. The number of ether oxygens (including phenoxy) is 1. The van der Waals surface area contributed by atoms with E-state index < -0.39 is 0 Å². The summed E-state index contributed by atoms with van der Waals surface area (Å²) in [6, 6.07) is 1.71. The molecule has 3 heteroatoms. The van der Waals surface area contributed by atoms with Gasteiger partial charge in [-0.25, -0.2) is 0 Å². The standard InChI is InChI=1S/C17H32N2O/c1-2-4-17-11-16(8-10-20-17)19(15-6-7-15)13-14-5-3-9-18-12-14/h14-18H,2-13H2,1H3. The van der Waals surface area contributed by atoms with Crippen LogP contribution in [0.25, 0.3) is 0 Å². The number of nitrogens with one attached hydrogen (secondary N) is 1. The molecule has 3 nitrogen and oxygen atoms in total. The van der Waals surface area contributed by atoms with Gasteiger partial charge in [-0.2, -0.15) is 0 Å². The number of hydrogen-bond donors (Lipinski definition) is 1. The third kappa shape index (κ3) is 3.96. The summed E-state index contributed by atoms with van der Waals surface area (Å²) in [6.07, 6.45) is 11.3. The Bertz CT molecular complexity index is 285. The van der Waals surface area contributed by atoms with Crippen LogP contribution in [0.2, 0.25) is 0 Å². The minimum Gasteiger partial charge on any atom is -0.378 e. The van der Waals surface area contributed by atoms with E-state index in [9.17, 15) is 0 Å². The zero-order valence-electron chi connectivity index (χ0n) is 13.2. The van der Waals surface area contributed by atoms with Gasteiger partial charge in [-0.1, -0.05) is 13.3 Å². The maximum atomic E-state index is 5.95. The highest BCUT2D eigenvalue weighted by atomic mass is 16.5. The molecule has 3 unspecified atom stereocenters. The van der Waals surface area contributed by atoms with Crippen LogP contribution in [0.5, 0.6) is 0 Å². The van der Waals surface area contributed by atoms with Crippen molar-refractivity contribution in [3.05, 3.63) is 0 Å². The van der Waals surface area contributed by atoms with Gasteiger partial charge in [-0.15, -0.1) is 0 Å². The molecule has 3 aliphatic rings. The average molecular weight is 280 g/mol. The van der Waals surface area contributed by atoms with Crippen molar-refractivity contribution in [2.24, 2.45) is 5.92 Å². The minimum absolute atomic E-state index is 0.532. The predicted molar refractivity (Wildman–Crippen MR) is 83.0 cm³/mol. The lowest BCUT2D eigenvalue weighted by atomic mass is 9.94. The largest absolute Gasteiger partial charge is 0.378 e. The zero-order valence-corrected chi connectivity index (χ0v) is 13.2. The summed E-state index contributed by atoms with van der Waals surface area (Å²) in [4.78, 5) is 2.88. The molecule has 0 amide bonds. The van der Waals surface area contributed by atoms with Gasteiger partial charge in [0.15, 0.2) is 0 Å². The van der Waals surface area contributed by atoms with Crippen molar-refractivity contribution in [3.8, 4) is 0 Å². The Morgan fingerprint density at radius 3 is 2.75 bits per heavy atom. The second-order valence-electron chi connectivity index (χ2n) is 7.10. The molecular weight excluding hydrogens is 248 g/mol. The van der Waals surface area contributed by atoms with E-state index in [1.54, 1.807) is 0 Å². The van der Waals surface area contributed by atoms with Gasteiger partial charge >= 0.3 is 0 Å². The SMILES string of the molecule is CCCC1CC(N(CC2CCCNC2)C2CC2)CCO1. The first-order chi connectivity index (χ1) is 9.86. The minimum atomic E-state index is 0.532. The van der Waals surface area contributed by atoms with E-state index in [0.717, 1.165) is 24.6 Å². The smallest absolute Gasteiger partial charge is 0.0590 e. The molecule has 3 rings (SSSR count). The van der Waals surface area contributed by atoms with Crippen LogP contribution < -0.4 is 5.32 Å². The third-order valence-corrected chi connectivity index (χ3v) is 5.30. The second-order valence-corrected chi connectivity index (χ2v) is 7.10. The van der Waals surface area contributed by atoms with Crippen molar-refractivity contribution >= 4 is 0 Å². The fourth-order valence-electron chi connectivity index (χ4n) is 4.06. The first-order valence-electron chi connectivity index (χ1n) is 8.95. The van der Waals surface area contributed by atoms with Crippen LogP contribution in [0.15, 0.2) is 0 Å². The predicted octanol–water partition coefficient (Wildman–Crippen LogP) is 2.80. The summed E-state index contributed by atoms with van der Waals surface area (Å²) >= 11 is 0. The van der Waals surface area contributed by atoms with E-state index >= 15 is 0 Å². The molecule has 1 aliphatic carbocycles. The molecule has 20 heavy (non-hydrogen) atoms. The van der Waals surface area contributed by atoms with E-state index in [0.29, 0.717) is 6.10 Å². The van der Waals surface area contributed by atoms with Gasteiger partial charge < -0.3 is 10.1 Å². The van der Waals surface area contributed by atoms with Crippen molar-refractivity contribution in [3.63, 3.8) is 0 Å². The lowest BCUT2D eigenvalue weighted by Gasteiger charge is -2.40. The van der Waals surface area contributed by atoms with Crippen molar-refractivity contribution in [1.82, 2.24) is 10.2 Å². The Kier molecular flexibility index (Phi) is 5.36. The van der Waals surface area contributed by atoms with Crippen molar-refractivity contribution in [2.75, 3.05) is 26.2 Å². The molecule has 2 saturated heterocycles. The van der Waals surface area contributed by atoms with Crippen LogP contribution in [-0.2, 0) is 4.74 Å². The molecule has 2 aliphatic heterocycles.